The maximum absolute atomic E-state index is 5.49. The minimum absolute atomic E-state index is 0.432. The van der Waals surface area contributed by atoms with E-state index in [1.165, 1.54) is 25.7 Å². The lowest BCUT2D eigenvalue weighted by Gasteiger charge is -2.23. The van der Waals surface area contributed by atoms with E-state index < -0.39 is 0 Å². The summed E-state index contributed by atoms with van der Waals surface area (Å²) in [4.78, 5) is 7.11. The average molecular weight is 283 g/mol. The maximum atomic E-state index is 5.49. The fraction of sp³-hybridized carbons (Fsp3) is 0.938. The molecule has 0 bridgehead atoms. The molecule has 4 nitrogen and oxygen atoms in total. The highest BCUT2D eigenvalue weighted by molar-refractivity contribution is 5.79. The number of hydrogen-bond acceptors (Lipinski definition) is 2. The molecular weight excluding hydrogens is 250 g/mol. The first-order valence-electron chi connectivity index (χ1n) is 8.24. The summed E-state index contributed by atoms with van der Waals surface area (Å²) in [6, 6.07) is 0. The van der Waals surface area contributed by atoms with Crippen LogP contribution in [0.2, 0.25) is 0 Å². The van der Waals surface area contributed by atoms with Crippen LogP contribution in [0.25, 0.3) is 0 Å². The van der Waals surface area contributed by atoms with Crippen molar-refractivity contribution in [2.45, 2.75) is 52.9 Å². The predicted molar refractivity (Wildman–Crippen MR) is 86.3 cm³/mol. The molecule has 0 saturated heterocycles. The molecule has 118 valence electrons. The van der Waals surface area contributed by atoms with E-state index in [9.17, 15) is 0 Å². The third-order valence-electron chi connectivity index (χ3n) is 4.05. The van der Waals surface area contributed by atoms with E-state index in [1.54, 1.807) is 0 Å². The van der Waals surface area contributed by atoms with E-state index in [1.807, 2.05) is 0 Å². The molecule has 1 N–H and O–H groups in total. The van der Waals surface area contributed by atoms with Crippen LogP contribution in [0.3, 0.4) is 0 Å². The molecule has 0 aromatic heterocycles. The third kappa shape index (κ3) is 6.12. The number of ether oxygens (including phenoxy) is 1. The number of nitrogens with zero attached hydrogens (tertiary/aromatic N) is 2. The molecule has 0 spiro atoms. The summed E-state index contributed by atoms with van der Waals surface area (Å²) in [7, 11) is 2.14. The van der Waals surface area contributed by atoms with Crippen molar-refractivity contribution in [1.82, 2.24) is 10.2 Å². The van der Waals surface area contributed by atoms with Crippen molar-refractivity contribution < 1.29 is 4.74 Å². The second kappa shape index (κ2) is 9.22. The van der Waals surface area contributed by atoms with Crippen LogP contribution in [-0.4, -0.2) is 50.8 Å². The van der Waals surface area contributed by atoms with Crippen LogP contribution in [0.1, 0.15) is 52.9 Å². The molecule has 4 heteroatoms. The highest BCUT2D eigenvalue weighted by atomic mass is 16.5. The minimum atomic E-state index is 0.432. The second-order valence-corrected chi connectivity index (χ2v) is 5.89. The van der Waals surface area contributed by atoms with Crippen molar-refractivity contribution in [3.63, 3.8) is 0 Å². The van der Waals surface area contributed by atoms with E-state index in [0.29, 0.717) is 5.41 Å². The largest absolute Gasteiger partial charge is 0.382 e. The van der Waals surface area contributed by atoms with Gasteiger partial charge in [0.25, 0.3) is 0 Å². The fourth-order valence-electron chi connectivity index (χ4n) is 2.31. The second-order valence-electron chi connectivity index (χ2n) is 5.89. The summed E-state index contributed by atoms with van der Waals surface area (Å²) >= 11 is 0. The molecule has 0 aromatic rings. The minimum Gasteiger partial charge on any atom is -0.382 e. The van der Waals surface area contributed by atoms with Gasteiger partial charge in [0.15, 0.2) is 5.96 Å². The van der Waals surface area contributed by atoms with E-state index in [4.69, 9.17) is 9.73 Å². The molecule has 1 aliphatic carbocycles. The summed E-state index contributed by atoms with van der Waals surface area (Å²) in [5, 5.41) is 3.40. The van der Waals surface area contributed by atoms with Crippen LogP contribution in [0, 0.1) is 5.41 Å². The van der Waals surface area contributed by atoms with Crippen LogP contribution in [0.4, 0.5) is 0 Å². The van der Waals surface area contributed by atoms with Gasteiger partial charge in [0.1, 0.15) is 0 Å². The molecule has 0 amide bonds. The highest BCUT2D eigenvalue weighted by Crippen LogP contribution is 2.49. The molecule has 0 unspecified atom stereocenters. The van der Waals surface area contributed by atoms with Gasteiger partial charge in [0.05, 0.1) is 0 Å². The van der Waals surface area contributed by atoms with Crippen LogP contribution in [0.5, 0.6) is 0 Å². The Morgan fingerprint density at radius 2 is 2.05 bits per heavy atom. The molecule has 0 aromatic carbocycles. The van der Waals surface area contributed by atoms with Gasteiger partial charge in [-0.3, -0.25) is 4.99 Å². The number of aliphatic imine (C=N–C) groups is 1. The first-order chi connectivity index (χ1) is 9.67. The van der Waals surface area contributed by atoms with Gasteiger partial charge in [-0.2, -0.15) is 0 Å². The summed E-state index contributed by atoms with van der Waals surface area (Å²) in [6.45, 7) is 11.1. The van der Waals surface area contributed by atoms with Crippen molar-refractivity contribution in [2.75, 3.05) is 39.9 Å². The lowest BCUT2D eigenvalue weighted by atomic mass is 10.0. The van der Waals surface area contributed by atoms with Crippen LogP contribution in [-0.2, 0) is 4.74 Å². The molecular formula is C16H33N3O. The number of hydrogen-bond donors (Lipinski definition) is 1. The number of guanidine groups is 1. The summed E-state index contributed by atoms with van der Waals surface area (Å²) < 4.78 is 5.49. The Morgan fingerprint density at radius 1 is 1.30 bits per heavy atom. The number of nitrogens with one attached hydrogen (secondary N) is 1. The number of unbranched alkanes of at least 4 members (excludes halogenated alkanes) is 1. The number of rotatable bonds is 10. The van der Waals surface area contributed by atoms with E-state index in [-0.39, 0.29) is 0 Å². The SMILES string of the molecule is CCCCN(C)C(=NCC1(CCOCC)CC1)NCC. The zero-order chi connectivity index (χ0) is 14.8. The summed E-state index contributed by atoms with van der Waals surface area (Å²) in [5.74, 6) is 1.06. The normalized spacial score (nSPS) is 17.1. The van der Waals surface area contributed by atoms with Crippen molar-refractivity contribution in [1.29, 1.82) is 0 Å². The smallest absolute Gasteiger partial charge is 0.193 e. The maximum Gasteiger partial charge on any atom is 0.193 e. The topological polar surface area (TPSA) is 36.9 Å². The molecule has 0 radical (unpaired) electrons. The molecule has 1 saturated carbocycles. The monoisotopic (exact) mass is 283 g/mol. The van der Waals surface area contributed by atoms with E-state index in [0.717, 1.165) is 45.2 Å². The molecule has 0 atom stereocenters. The van der Waals surface area contributed by atoms with Gasteiger partial charge in [0, 0.05) is 39.9 Å². The van der Waals surface area contributed by atoms with Crippen LogP contribution in [0.15, 0.2) is 4.99 Å². The van der Waals surface area contributed by atoms with Crippen LogP contribution >= 0.6 is 0 Å². The molecule has 0 heterocycles. The zero-order valence-corrected chi connectivity index (χ0v) is 13.9. The fourth-order valence-corrected chi connectivity index (χ4v) is 2.31. The first-order valence-corrected chi connectivity index (χ1v) is 8.24. The lowest BCUT2D eigenvalue weighted by Crippen LogP contribution is -2.39. The average Bonchev–Trinajstić information content (AvgIpc) is 3.21. The van der Waals surface area contributed by atoms with Crippen molar-refractivity contribution in [2.24, 2.45) is 10.4 Å². The van der Waals surface area contributed by atoms with Crippen LogP contribution < -0.4 is 5.32 Å². The Labute approximate surface area is 125 Å². The summed E-state index contributed by atoms with van der Waals surface area (Å²) in [5.41, 5.74) is 0.432. The van der Waals surface area contributed by atoms with Crippen molar-refractivity contribution >= 4 is 5.96 Å². The van der Waals surface area contributed by atoms with E-state index >= 15 is 0 Å². The van der Waals surface area contributed by atoms with Gasteiger partial charge in [-0.05, 0) is 44.9 Å². The van der Waals surface area contributed by atoms with Crippen molar-refractivity contribution in [3.8, 4) is 0 Å². The quantitative estimate of drug-likeness (QED) is 0.380. The van der Waals surface area contributed by atoms with Gasteiger partial charge >= 0.3 is 0 Å². The molecule has 1 fully saturated rings. The highest BCUT2D eigenvalue weighted by Gasteiger charge is 2.41. The Bertz CT molecular complexity index is 287. The molecule has 1 aliphatic rings. The summed E-state index contributed by atoms with van der Waals surface area (Å²) in [6.07, 6.45) is 6.21. The standard InChI is InChI=1S/C16H33N3O/c1-5-8-12-19(4)15(17-6-2)18-14-16(9-10-16)11-13-20-7-3/h5-14H2,1-4H3,(H,17,18). The lowest BCUT2D eigenvalue weighted by molar-refractivity contribution is 0.129. The Balaban J connectivity index is 2.45. The van der Waals surface area contributed by atoms with Gasteiger partial charge in [-0.1, -0.05) is 13.3 Å². The van der Waals surface area contributed by atoms with E-state index in [2.05, 4.69) is 38.0 Å². The van der Waals surface area contributed by atoms with Crippen molar-refractivity contribution in [3.05, 3.63) is 0 Å². The Hall–Kier alpha value is -0.770. The molecule has 20 heavy (non-hydrogen) atoms. The van der Waals surface area contributed by atoms with Gasteiger partial charge in [0.2, 0.25) is 0 Å². The molecule has 1 rings (SSSR count). The Kier molecular flexibility index (Phi) is 7.97. The van der Waals surface area contributed by atoms with Gasteiger partial charge < -0.3 is 15.0 Å². The zero-order valence-electron chi connectivity index (χ0n) is 13.9. The van der Waals surface area contributed by atoms with Gasteiger partial charge in [-0.15, -0.1) is 0 Å². The van der Waals surface area contributed by atoms with Gasteiger partial charge in [-0.25, -0.2) is 0 Å². The predicted octanol–water partition coefficient (Wildman–Crippen LogP) is 2.89. The third-order valence-corrected chi connectivity index (χ3v) is 4.05. The molecule has 0 aliphatic heterocycles. The Morgan fingerprint density at radius 3 is 2.60 bits per heavy atom. The first kappa shape index (κ1) is 17.3.